The number of phenols is 1. The zero-order valence-corrected chi connectivity index (χ0v) is 16.1. The van der Waals surface area contributed by atoms with Crippen molar-refractivity contribution in [3.05, 3.63) is 41.3 Å². The number of hydrogen-bond acceptors (Lipinski definition) is 5. The molecule has 7 nitrogen and oxygen atoms in total. The van der Waals surface area contributed by atoms with E-state index in [0.717, 1.165) is 32.5 Å². The molecule has 5 heterocycles. The van der Waals surface area contributed by atoms with Gasteiger partial charge in [0.1, 0.15) is 0 Å². The van der Waals surface area contributed by atoms with E-state index in [4.69, 9.17) is 0 Å². The van der Waals surface area contributed by atoms with Gasteiger partial charge in [0.15, 0.2) is 17.2 Å². The minimum atomic E-state index is -0.733. The number of rotatable bonds is 3. The number of nitrogens with one attached hydrogen (secondary N) is 2. The number of fused-ring (bicyclic) bond motifs is 4. The number of H-pyrrole nitrogens is 1. The second-order valence-electron chi connectivity index (χ2n) is 7.97. The Morgan fingerprint density at radius 3 is 2.79 bits per heavy atom. The second kappa shape index (κ2) is 6.81. The smallest absolute Gasteiger partial charge is 0.252 e. The van der Waals surface area contributed by atoms with Gasteiger partial charge in [0.25, 0.3) is 5.91 Å². The number of aryl methyl sites for hydroxylation is 1. The van der Waals surface area contributed by atoms with Crippen molar-refractivity contribution in [2.45, 2.75) is 25.8 Å². The lowest BCUT2D eigenvalue weighted by atomic mass is 9.84. The molecular formula is C21H22FN5O2. The van der Waals surface area contributed by atoms with Gasteiger partial charge in [0, 0.05) is 18.2 Å². The Hall–Kier alpha value is -3.00. The van der Waals surface area contributed by atoms with Crippen LogP contribution in [-0.2, 0) is 0 Å². The fourth-order valence-corrected chi connectivity index (χ4v) is 4.55. The van der Waals surface area contributed by atoms with Gasteiger partial charge in [-0.05, 0) is 63.0 Å². The van der Waals surface area contributed by atoms with Gasteiger partial charge in [0.05, 0.1) is 22.3 Å². The number of aromatic amines is 1. The Kier molecular flexibility index (Phi) is 4.24. The number of halogens is 1. The molecule has 1 aromatic carbocycles. The molecule has 3 fully saturated rings. The summed E-state index contributed by atoms with van der Waals surface area (Å²) in [4.78, 5) is 20.1. The maximum absolute atomic E-state index is 13.9. The van der Waals surface area contributed by atoms with Crippen LogP contribution < -0.4 is 5.32 Å². The first kappa shape index (κ1) is 18.1. The Morgan fingerprint density at radius 2 is 2.10 bits per heavy atom. The van der Waals surface area contributed by atoms with E-state index in [1.807, 2.05) is 6.92 Å². The van der Waals surface area contributed by atoms with E-state index < -0.39 is 11.6 Å². The molecule has 150 valence electrons. The van der Waals surface area contributed by atoms with Crippen LogP contribution in [0.1, 0.15) is 28.9 Å². The average molecular weight is 395 g/mol. The number of aromatic hydroxyl groups is 1. The highest BCUT2D eigenvalue weighted by Crippen LogP contribution is 2.30. The molecule has 3 saturated heterocycles. The highest BCUT2D eigenvalue weighted by molar-refractivity contribution is 6.07. The molecule has 1 atom stereocenters. The number of nitrogens with zero attached hydrogens (tertiary/aromatic N) is 3. The molecule has 0 radical (unpaired) electrons. The van der Waals surface area contributed by atoms with Crippen LogP contribution in [-0.4, -0.2) is 56.8 Å². The van der Waals surface area contributed by atoms with Crippen LogP contribution in [0.2, 0.25) is 0 Å². The minimum absolute atomic E-state index is 0.134. The molecule has 3 N–H and O–H groups in total. The Bertz CT molecular complexity index is 1100. The van der Waals surface area contributed by atoms with Crippen molar-refractivity contribution >= 4 is 16.9 Å². The predicted molar refractivity (Wildman–Crippen MR) is 106 cm³/mol. The SMILES string of the molecule is Cc1n[nH]c2nc(-c3ccc(O)c(F)c3)cc(C(=O)N[C@@H]3CN4CCC3CC4)c12. The predicted octanol–water partition coefficient (Wildman–Crippen LogP) is 2.60. The normalized spacial score (nSPS) is 23.4. The Morgan fingerprint density at radius 1 is 1.31 bits per heavy atom. The van der Waals surface area contributed by atoms with Gasteiger partial charge in [0.2, 0.25) is 0 Å². The first-order chi connectivity index (χ1) is 14.0. The van der Waals surface area contributed by atoms with Gasteiger partial charge in [-0.15, -0.1) is 0 Å². The molecule has 0 unspecified atom stereocenters. The molecule has 3 aliphatic heterocycles. The van der Waals surface area contributed by atoms with Crippen LogP contribution in [0.5, 0.6) is 5.75 Å². The first-order valence-corrected chi connectivity index (χ1v) is 9.87. The topological polar surface area (TPSA) is 94.1 Å². The van der Waals surface area contributed by atoms with Gasteiger partial charge in [-0.3, -0.25) is 9.89 Å². The molecule has 2 aromatic heterocycles. The van der Waals surface area contributed by atoms with Crippen molar-refractivity contribution in [3.8, 4) is 17.0 Å². The average Bonchev–Trinajstić information content (AvgIpc) is 3.11. The summed E-state index contributed by atoms with van der Waals surface area (Å²) in [5, 5.41) is 20.4. The third-order valence-corrected chi connectivity index (χ3v) is 6.17. The molecule has 0 aliphatic carbocycles. The molecule has 3 aromatic rings. The van der Waals surface area contributed by atoms with E-state index in [2.05, 4.69) is 25.4 Å². The van der Waals surface area contributed by atoms with E-state index in [-0.39, 0.29) is 11.9 Å². The number of aromatic nitrogens is 3. The summed E-state index contributed by atoms with van der Waals surface area (Å²) >= 11 is 0. The van der Waals surface area contributed by atoms with Gasteiger partial charge < -0.3 is 15.3 Å². The van der Waals surface area contributed by atoms with E-state index in [0.29, 0.717) is 39.5 Å². The van der Waals surface area contributed by atoms with Crippen LogP contribution in [0, 0.1) is 18.7 Å². The van der Waals surface area contributed by atoms with Crippen LogP contribution in [0.15, 0.2) is 24.3 Å². The van der Waals surface area contributed by atoms with Gasteiger partial charge in [-0.2, -0.15) is 5.10 Å². The lowest BCUT2D eigenvalue weighted by Gasteiger charge is -2.44. The summed E-state index contributed by atoms with van der Waals surface area (Å²) in [5.74, 6) is -0.811. The molecule has 2 bridgehead atoms. The quantitative estimate of drug-likeness (QED) is 0.634. The number of carbonyl (C=O) groups is 1. The zero-order chi connectivity index (χ0) is 20.1. The minimum Gasteiger partial charge on any atom is -0.505 e. The third-order valence-electron chi connectivity index (χ3n) is 6.17. The summed E-state index contributed by atoms with van der Waals surface area (Å²) in [7, 11) is 0. The maximum Gasteiger partial charge on any atom is 0.252 e. The van der Waals surface area contributed by atoms with Crippen molar-refractivity contribution < 1.29 is 14.3 Å². The summed E-state index contributed by atoms with van der Waals surface area (Å²) in [6.07, 6.45) is 2.22. The molecule has 29 heavy (non-hydrogen) atoms. The zero-order valence-electron chi connectivity index (χ0n) is 16.1. The summed E-state index contributed by atoms with van der Waals surface area (Å²) in [6, 6.07) is 5.87. The van der Waals surface area contributed by atoms with Crippen molar-refractivity contribution in [2.75, 3.05) is 19.6 Å². The molecule has 0 saturated carbocycles. The van der Waals surface area contributed by atoms with Crippen molar-refractivity contribution in [2.24, 2.45) is 5.92 Å². The van der Waals surface area contributed by atoms with E-state index >= 15 is 0 Å². The van der Waals surface area contributed by atoms with Crippen molar-refractivity contribution in [3.63, 3.8) is 0 Å². The first-order valence-electron chi connectivity index (χ1n) is 9.87. The molecule has 0 spiro atoms. The van der Waals surface area contributed by atoms with Crippen LogP contribution >= 0.6 is 0 Å². The largest absolute Gasteiger partial charge is 0.505 e. The molecule has 3 aliphatic rings. The fraction of sp³-hybridized carbons (Fsp3) is 0.381. The molecular weight excluding hydrogens is 373 g/mol. The fourth-order valence-electron chi connectivity index (χ4n) is 4.55. The highest BCUT2D eigenvalue weighted by Gasteiger charge is 2.35. The number of benzene rings is 1. The number of piperidine rings is 3. The number of phenolic OH excluding ortho intramolecular Hbond substituents is 1. The summed E-state index contributed by atoms with van der Waals surface area (Å²) < 4.78 is 13.9. The van der Waals surface area contributed by atoms with E-state index in [1.165, 1.54) is 12.1 Å². The Labute approximate surface area is 166 Å². The molecule has 6 rings (SSSR count). The maximum atomic E-state index is 13.9. The van der Waals surface area contributed by atoms with E-state index in [9.17, 15) is 14.3 Å². The van der Waals surface area contributed by atoms with Gasteiger partial charge in [-0.1, -0.05) is 0 Å². The summed E-state index contributed by atoms with van der Waals surface area (Å²) in [6.45, 7) is 4.92. The van der Waals surface area contributed by atoms with Crippen molar-refractivity contribution in [1.82, 2.24) is 25.4 Å². The monoisotopic (exact) mass is 395 g/mol. The van der Waals surface area contributed by atoms with Crippen LogP contribution in [0.25, 0.3) is 22.3 Å². The summed E-state index contributed by atoms with van der Waals surface area (Å²) in [5.41, 5.74) is 2.56. The highest BCUT2D eigenvalue weighted by atomic mass is 19.1. The number of pyridine rings is 1. The molecule has 8 heteroatoms. The van der Waals surface area contributed by atoms with Crippen molar-refractivity contribution in [1.29, 1.82) is 0 Å². The van der Waals surface area contributed by atoms with Crippen LogP contribution in [0.3, 0.4) is 0 Å². The number of hydrogen-bond donors (Lipinski definition) is 3. The standard InChI is InChI=1S/C21H22FN5O2/c1-11-19-14(21(29)24-17-10-27-6-4-12(17)5-7-27)9-16(23-20(19)26-25-11)13-2-3-18(28)15(22)8-13/h2-3,8-9,12,17,28H,4-7,10H2,1H3,(H,24,29)(H,23,25,26)/t17-/m1/s1. The second-order valence-corrected chi connectivity index (χ2v) is 7.97. The van der Waals surface area contributed by atoms with Gasteiger partial charge >= 0.3 is 0 Å². The third kappa shape index (κ3) is 3.13. The van der Waals surface area contributed by atoms with E-state index in [1.54, 1.807) is 12.1 Å². The molecule has 1 amide bonds. The number of carbonyl (C=O) groups excluding carboxylic acids is 1. The lowest BCUT2D eigenvalue weighted by molar-refractivity contribution is 0.0621. The Balaban J connectivity index is 1.54. The number of amides is 1. The lowest BCUT2D eigenvalue weighted by Crippen LogP contribution is -2.57. The van der Waals surface area contributed by atoms with Crippen LogP contribution in [0.4, 0.5) is 4.39 Å². The van der Waals surface area contributed by atoms with Gasteiger partial charge in [-0.25, -0.2) is 9.37 Å².